The number of anilines is 2. The maximum Gasteiger partial charge on any atom is 0.256 e. The molecule has 1 N–H and O–H groups in total. The lowest BCUT2D eigenvalue weighted by Gasteiger charge is -2.35. The molecule has 1 aliphatic rings. The standard InChI is InChI=1S/C21H25ClN6O/c1-13-11-16(19-14(2)25-27(4)20(19)23-13)21(29)24-17-12-15(22)5-6-18(17)28-9-7-26(3)8-10-28/h5-6,11-12H,7-10H2,1-4H3,(H,24,29). The summed E-state index contributed by atoms with van der Waals surface area (Å²) in [6.07, 6.45) is 0. The van der Waals surface area contributed by atoms with Gasteiger partial charge in [0.2, 0.25) is 0 Å². The Morgan fingerprint density at radius 3 is 2.55 bits per heavy atom. The van der Waals surface area contributed by atoms with Crippen LogP contribution in [0.15, 0.2) is 24.3 Å². The van der Waals surface area contributed by atoms with Crippen molar-refractivity contribution in [1.82, 2.24) is 19.7 Å². The summed E-state index contributed by atoms with van der Waals surface area (Å²) in [6, 6.07) is 7.47. The van der Waals surface area contributed by atoms with Gasteiger partial charge < -0.3 is 15.1 Å². The second-order valence-corrected chi connectivity index (χ2v) is 8.06. The molecule has 152 valence electrons. The van der Waals surface area contributed by atoms with E-state index in [4.69, 9.17) is 11.6 Å². The molecule has 1 aliphatic heterocycles. The average Bonchev–Trinajstić information content (AvgIpc) is 2.96. The van der Waals surface area contributed by atoms with Gasteiger partial charge in [-0.15, -0.1) is 0 Å². The normalized spacial score (nSPS) is 15.1. The Morgan fingerprint density at radius 2 is 1.83 bits per heavy atom. The first-order valence-corrected chi connectivity index (χ1v) is 10.1. The molecule has 0 radical (unpaired) electrons. The van der Waals surface area contributed by atoms with Crippen LogP contribution in [-0.2, 0) is 7.05 Å². The van der Waals surface area contributed by atoms with E-state index in [0.717, 1.165) is 54.3 Å². The molecule has 0 unspecified atom stereocenters. The number of amides is 1. The van der Waals surface area contributed by atoms with Crippen LogP contribution in [0.5, 0.6) is 0 Å². The molecule has 3 aromatic rings. The van der Waals surface area contributed by atoms with Crippen molar-refractivity contribution in [1.29, 1.82) is 0 Å². The number of hydrogen-bond donors (Lipinski definition) is 1. The third-order valence-electron chi connectivity index (χ3n) is 5.39. The van der Waals surface area contributed by atoms with E-state index in [1.165, 1.54) is 0 Å². The number of nitrogens with zero attached hydrogens (tertiary/aromatic N) is 5. The number of hydrogen-bond acceptors (Lipinski definition) is 5. The zero-order valence-corrected chi connectivity index (χ0v) is 17.9. The number of carbonyl (C=O) groups excluding carboxylic acids is 1. The third-order valence-corrected chi connectivity index (χ3v) is 5.63. The molecule has 0 atom stereocenters. The van der Waals surface area contributed by atoms with Crippen molar-refractivity contribution < 1.29 is 4.79 Å². The van der Waals surface area contributed by atoms with Crippen molar-refractivity contribution in [2.24, 2.45) is 7.05 Å². The summed E-state index contributed by atoms with van der Waals surface area (Å²) >= 11 is 6.26. The highest BCUT2D eigenvalue weighted by Gasteiger charge is 2.21. The lowest BCUT2D eigenvalue weighted by Crippen LogP contribution is -2.44. The van der Waals surface area contributed by atoms with Gasteiger partial charge in [-0.2, -0.15) is 5.10 Å². The minimum Gasteiger partial charge on any atom is -0.367 e. The van der Waals surface area contributed by atoms with Crippen LogP contribution >= 0.6 is 11.6 Å². The van der Waals surface area contributed by atoms with Gasteiger partial charge >= 0.3 is 0 Å². The summed E-state index contributed by atoms with van der Waals surface area (Å²) in [5.74, 6) is -0.186. The summed E-state index contributed by atoms with van der Waals surface area (Å²) in [5, 5.41) is 8.89. The molecule has 3 heterocycles. The fourth-order valence-corrected chi connectivity index (χ4v) is 4.04. The molecule has 0 aliphatic carbocycles. The highest BCUT2D eigenvalue weighted by molar-refractivity contribution is 6.31. The van der Waals surface area contributed by atoms with Crippen molar-refractivity contribution in [3.05, 3.63) is 46.2 Å². The number of rotatable bonds is 3. The summed E-state index contributed by atoms with van der Waals surface area (Å²) in [7, 11) is 3.96. The van der Waals surface area contributed by atoms with Gasteiger partial charge in [-0.1, -0.05) is 11.6 Å². The lowest BCUT2D eigenvalue weighted by molar-refractivity contribution is 0.102. The van der Waals surface area contributed by atoms with E-state index in [2.05, 4.69) is 32.2 Å². The van der Waals surface area contributed by atoms with Crippen molar-refractivity contribution in [3.8, 4) is 0 Å². The second-order valence-electron chi connectivity index (χ2n) is 7.62. The number of pyridine rings is 1. The Labute approximate surface area is 175 Å². The molecule has 29 heavy (non-hydrogen) atoms. The maximum absolute atomic E-state index is 13.3. The molecular formula is C21H25ClN6O. The third kappa shape index (κ3) is 3.80. The molecule has 7 nitrogen and oxygen atoms in total. The molecule has 4 rings (SSSR count). The molecule has 1 aromatic carbocycles. The molecule has 0 spiro atoms. The Balaban J connectivity index is 1.71. The first kappa shape index (κ1) is 19.7. The van der Waals surface area contributed by atoms with Crippen LogP contribution in [0.1, 0.15) is 21.7 Å². The van der Waals surface area contributed by atoms with Gasteiger partial charge in [-0.05, 0) is 45.2 Å². The van der Waals surface area contributed by atoms with Crippen LogP contribution in [0.2, 0.25) is 5.02 Å². The fraction of sp³-hybridized carbons (Fsp3) is 0.381. The highest BCUT2D eigenvalue weighted by atomic mass is 35.5. The fourth-order valence-electron chi connectivity index (χ4n) is 3.87. The number of aromatic nitrogens is 3. The molecule has 1 saturated heterocycles. The van der Waals surface area contributed by atoms with Gasteiger partial charge in [0.25, 0.3) is 5.91 Å². The summed E-state index contributed by atoms with van der Waals surface area (Å²) < 4.78 is 1.71. The summed E-state index contributed by atoms with van der Waals surface area (Å²) in [5.41, 5.74) is 4.54. The zero-order chi connectivity index (χ0) is 20.7. The molecule has 1 fully saturated rings. The van der Waals surface area contributed by atoms with Crippen molar-refractivity contribution >= 4 is 39.9 Å². The van der Waals surface area contributed by atoms with Crippen LogP contribution < -0.4 is 10.2 Å². The monoisotopic (exact) mass is 412 g/mol. The largest absolute Gasteiger partial charge is 0.367 e. The van der Waals surface area contributed by atoms with Crippen LogP contribution in [0.25, 0.3) is 11.0 Å². The second kappa shape index (κ2) is 7.65. The molecule has 1 amide bonds. The smallest absolute Gasteiger partial charge is 0.256 e. The number of likely N-dealkylation sites (N-methyl/N-ethyl adjacent to an activating group) is 1. The van der Waals surface area contributed by atoms with E-state index < -0.39 is 0 Å². The zero-order valence-electron chi connectivity index (χ0n) is 17.2. The van der Waals surface area contributed by atoms with E-state index in [-0.39, 0.29) is 5.91 Å². The van der Waals surface area contributed by atoms with Crippen LogP contribution in [0.3, 0.4) is 0 Å². The van der Waals surface area contributed by atoms with E-state index in [9.17, 15) is 4.79 Å². The number of halogens is 1. The lowest BCUT2D eigenvalue weighted by atomic mass is 10.1. The molecule has 0 bridgehead atoms. The highest BCUT2D eigenvalue weighted by Crippen LogP contribution is 2.31. The number of carbonyl (C=O) groups is 1. The van der Waals surface area contributed by atoms with E-state index >= 15 is 0 Å². The molecule has 0 saturated carbocycles. The molecule has 8 heteroatoms. The van der Waals surface area contributed by atoms with Crippen LogP contribution in [-0.4, -0.2) is 58.8 Å². The average molecular weight is 413 g/mol. The summed E-state index contributed by atoms with van der Waals surface area (Å²) in [6.45, 7) is 7.55. The number of aryl methyl sites for hydroxylation is 3. The van der Waals surface area contributed by atoms with Gasteiger partial charge in [0.1, 0.15) is 0 Å². The molecule has 2 aromatic heterocycles. The van der Waals surface area contributed by atoms with Gasteiger partial charge in [0.05, 0.1) is 28.0 Å². The minimum atomic E-state index is -0.186. The van der Waals surface area contributed by atoms with Gasteiger partial charge in [-0.25, -0.2) is 4.98 Å². The number of fused-ring (bicyclic) bond motifs is 1. The van der Waals surface area contributed by atoms with Crippen LogP contribution in [0.4, 0.5) is 11.4 Å². The van der Waals surface area contributed by atoms with Gasteiger partial charge in [0.15, 0.2) is 5.65 Å². The number of nitrogens with one attached hydrogen (secondary N) is 1. The Kier molecular flexibility index (Phi) is 5.19. The number of piperazine rings is 1. The molecular weight excluding hydrogens is 388 g/mol. The van der Waals surface area contributed by atoms with Crippen LogP contribution in [0, 0.1) is 13.8 Å². The quantitative estimate of drug-likeness (QED) is 0.715. The van der Waals surface area contributed by atoms with E-state index in [1.807, 2.05) is 45.2 Å². The Morgan fingerprint density at radius 1 is 1.10 bits per heavy atom. The summed E-state index contributed by atoms with van der Waals surface area (Å²) in [4.78, 5) is 22.4. The van der Waals surface area contributed by atoms with E-state index in [1.54, 1.807) is 4.68 Å². The van der Waals surface area contributed by atoms with E-state index in [0.29, 0.717) is 16.2 Å². The maximum atomic E-state index is 13.3. The van der Waals surface area contributed by atoms with Crippen molar-refractivity contribution in [2.45, 2.75) is 13.8 Å². The van der Waals surface area contributed by atoms with Gasteiger partial charge in [-0.3, -0.25) is 9.48 Å². The Bertz CT molecular complexity index is 1080. The van der Waals surface area contributed by atoms with Crippen molar-refractivity contribution in [2.75, 3.05) is 43.4 Å². The topological polar surface area (TPSA) is 66.3 Å². The predicted molar refractivity (Wildman–Crippen MR) is 117 cm³/mol. The van der Waals surface area contributed by atoms with Gasteiger partial charge in [0, 0.05) is 43.9 Å². The number of benzene rings is 1. The Hall–Kier alpha value is -2.64. The SMILES string of the molecule is Cc1cc(C(=O)Nc2cc(Cl)ccc2N2CCN(C)CC2)c2c(C)nn(C)c2n1. The first-order chi connectivity index (χ1) is 13.8. The first-order valence-electron chi connectivity index (χ1n) is 9.69. The minimum absolute atomic E-state index is 0.186. The van der Waals surface area contributed by atoms with Crippen molar-refractivity contribution in [3.63, 3.8) is 0 Å². The predicted octanol–water partition coefficient (Wildman–Crippen LogP) is 3.24.